The molecule has 144 valence electrons. The van der Waals surface area contributed by atoms with Crippen molar-refractivity contribution < 1.29 is 17.9 Å². The molecule has 1 saturated carbocycles. The third kappa shape index (κ3) is 5.05. The van der Waals surface area contributed by atoms with Gasteiger partial charge in [-0.05, 0) is 24.0 Å². The summed E-state index contributed by atoms with van der Waals surface area (Å²) in [5.41, 5.74) is 1.62. The zero-order valence-electron chi connectivity index (χ0n) is 15.2. The lowest BCUT2D eigenvalue weighted by molar-refractivity contribution is -0.126. The van der Waals surface area contributed by atoms with Crippen molar-refractivity contribution in [3.05, 3.63) is 35.4 Å². The van der Waals surface area contributed by atoms with Gasteiger partial charge in [-0.25, -0.2) is 8.42 Å². The van der Waals surface area contributed by atoms with Crippen molar-refractivity contribution in [2.24, 2.45) is 5.92 Å². The zero-order valence-corrected chi connectivity index (χ0v) is 16.0. The highest BCUT2D eigenvalue weighted by Gasteiger charge is 2.26. The molecule has 0 atom stereocenters. The molecule has 1 aliphatic carbocycles. The van der Waals surface area contributed by atoms with Gasteiger partial charge in [0.25, 0.3) is 0 Å². The summed E-state index contributed by atoms with van der Waals surface area (Å²) in [6, 6.07) is 7.45. The van der Waals surface area contributed by atoms with Gasteiger partial charge in [0.2, 0.25) is 15.9 Å². The van der Waals surface area contributed by atoms with E-state index in [2.05, 4.69) is 5.32 Å². The van der Waals surface area contributed by atoms with Crippen molar-refractivity contribution in [1.29, 1.82) is 0 Å². The van der Waals surface area contributed by atoms with E-state index in [4.69, 9.17) is 4.74 Å². The number of benzene rings is 1. The molecule has 2 aliphatic rings. The number of carbonyl (C=O) groups is 1. The van der Waals surface area contributed by atoms with Gasteiger partial charge in [0.05, 0.1) is 19.0 Å². The largest absolute Gasteiger partial charge is 0.379 e. The molecule has 6 nitrogen and oxygen atoms in total. The van der Waals surface area contributed by atoms with Crippen molar-refractivity contribution >= 4 is 15.9 Å². The SMILES string of the molecule is O=C(NCc1ccccc1CS(=O)(=O)N1CCOCC1)C1CCCCC1. The number of ether oxygens (including phenoxy) is 1. The summed E-state index contributed by atoms with van der Waals surface area (Å²) in [4.78, 5) is 12.4. The van der Waals surface area contributed by atoms with Gasteiger partial charge in [-0.2, -0.15) is 4.31 Å². The maximum absolute atomic E-state index is 12.7. The average molecular weight is 381 g/mol. The van der Waals surface area contributed by atoms with Gasteiger partial charge in [-0.1, -0.05) is 43.5 Å². The van der Waals surface area contributed by atoms with Crippen molar-refractivity contribution in [3.8, 4) is 0 Å². The number of nitrogens with one attached hydrogen (secondary N) is 1. The first-order valence-corrected chi connectivity index (χ1v) is 11.1. The van der Waals surface area contributed by atoms with Crippen LogP contribution in [0.4, 0.5) is 0 Å². The molecule has 1 saturated heterocycles. The number of sulfonamides is 1. The van der Waals surface area contributed by atoms with Crippen LogP contribution in [-0.4, -0.2) is 44.9 Å². The van der Waals surface area contributed by atoms with Crippen molar-refractivity contribution in [3.63, 3.8) is 0 Å². The molecule has 0 unspecified atom stereocenters. The van der Waals surface area contributed by atoms with Gasteiger partial charge in [0.15, 0.2) is 0 Å². The normalized spacial score (nSPS) is 20.0. The lowest BCUT2D eigenvalue weighted by Crippen LogP contribution is -2.41. The molecule has 0 aromatic heterocycles. The predicted molar refractivity (Wildman–Crippen MR) is 99.9 cm³/mol. The second-order valence-electron chi connectivity index (χ2n) is 7.09. The molecule has 0 bridgehead atoms. The Labute approximate surface area is 156 Å². The Hall–Kier alpha value is -1.44. The molecule has 1 N–H and O–H groups in total. The van der Waals surface area contributed by atoms with Crippen LogP contribution >= 0.6 is 0 Å². The predicted octanol–water partition coefficient (Wildman–Crippen LogP) is 2.05. The summed E-state index contributed by atoms with van der Waals surface area (Å²) >= 11 is 0. The van der Waals surface area contributed by atoms with E-state index in [1.54, 1.807) is 0 Å². The molecular formula is C19H28N2O4S. The summed E-state index contributed by atoms with van der Waals surface area (Å²) in [7, 11) is -3.38. The highest BCUT2D eigenvalue weighted by Crippen LogP contribution is 2.24. The van der Waals surface area contributed by atoms with Gasteiger partial charge >= 0.3 is 0 Å². The number of carbonyl (C=O) groups excluding carboxylic acids is 1. The van der Waals surface area contributed by atoms with E-state index in [1.165, 1.54) is 10.7 Å². The third-order valence-electron chi connectivity index (χ3n) is 5.25. The van der Waals surface area contributed by atoms with Crippen molar-refractivity contribution in [2.75, 3.05) is 26.3 Å². The van der Waals surface area contributed by atoms with Gasteiger partial charge in [0, 0.05) is 25.6 Å². The van der Waals surface area contributed by atoms with Gasteiger partial charge < -0.3 is 10.1 Å². The minimum Gasteiger partial charge on any atom is -0.379 e. The van der Waals surface area contributed by atoms with Crippen LogP contribution in [0.1, 0.15) is 43.2 Å². The molecular weight excluding hydrogens is 352 g/mol. The first-order chi connectivity index (χ1) is 12.6. The van der Waals surface area contributed by atoms with Crippen LogP contribution in [0.3, 0.4) is 0 Å². The first kappa shape index (κ1) is 19.3. The molecule has 1 heterocycles. The Balaban J connectivity index is 1.63. The van der Waals surface area contributed by atoms with Gasteiger partial charge in [-0.3, -0.25) is 4.79 Å². The fourth-order valence-corrected chi connectivity index (χ4v) is 5.24. The molecule has 1 aliphatic heterocycles. The molecule has 3 rings (SSSR count). The lowest BCUT2D eigenvalue weighted by Gasteiger charge is -2.26. The second-order valence-corrected chi connectivity index (χ2v) is 9.06. The van der Waals surface area contributed by atoms with E-state index in [0.717, 1.165) is 36.8 Å². The summed E-state index contributed by atoms with van der Waals surface area (Å²) in [5.74, 6) is 0.159. The minimum atomic E-state index is -3.38. The van der Waals surface area contributed by atoms with Crippen LogP contribution in [0.5, 0.6) is 0 Å². The first-order valence-electron chi connectivity index (χ1n) is 9.46. The summed E-state index contributed by atoms with van der Waals surface area (Å²) in [6.45, 7) is 2.08. The van der Waals surface area contributed by atoms with Crippen LogP contribution in [0.15, 0.2) is 24.3 Å². The monoisotopic (exact) mass is 380 g/mol. The maximum atomic E-state index is 12.7. The molecule has 1 aromatic carbocycles. The van der Waals surface area contributed by atoms with Crippen LogP contribution in [0.25, 0.3) is 0 Å². The number of rotatable bonds is 6. The van der Waals surface area contributed by atoms with E-state index in [0.29, 0.717) is 32.8 Å². The molecule has 0 spiro atoms. The fraction of sp³-hybridized carbons (Fsp3) is 0.632. The Morgan fingerprint density at radius 3 is 2.42 bits per heavy atom. The van der Waals surface area contributed by atoms with E-state index in [9.17, 15) is 13.2 Å². The van der Waals surface area contributed by atoms with E-state index in [-0.39, 0.29) is 17.6 Å². The van der Waals surface area contributed by atoms with E-state index in [1.807, 2.05) is 24.3 Å². The van der Waals surface area contributed by atoms with Gasteiger partial charge in [0.1, 0.15) is 0 Å². The van der Waals surface area contributed by atoms with Crippen LogP contribution < -0.4 is 5.32 Å². The standard InChI is InChI=1S/C19H28N2O4S/c22-19(16-6-2-1-3-7-16)20-14-17-8-4-5-9-18(17)15-26(23,24)21-10-12-25-13-11-21/h4-5,8-9,16H,1-3,6-7,10-15H2,(H,20,22). The Morgan fingerprint density at radius 2 is 1.73 bits per heavy atom. The maximum Gasteiger partial charge on any atom is 0.223 e. The second kappa shape index (κ2) is 8.97. The van der Waals surface area contributed by atoms with Crippen LogP contribution in [0, 0.1) is 5.92 Å². The number of morpholine rings is 1. The highest BCUT2D eigenvalue weighted by atomic mass is 32.2. The van der Waals surface area contributed by atoms with Crippen molar-refractivity contribution in [1.82, 2.24) is 9.62 Å². The molecule has 7 heteroatoms. The van der Waals surface area contributed by atoms with E-state index < -0.39 is 10.0 Å². The molecule has 26 heavy (non-hydrogen) atoms. The summed E-state index contributed by atoms with van der Waals surface area (Å²) < 4.78 is 32.1. The smallest absolute Gasteiger partial charge is 0.223 e. The molecule has 1 aromatic rings. The third-order valence-corrected chi connectivity index (χ3v) is 7.08. The Morgan fingerprint density at radius 1 is 1.08 bits per heavy atom. The van der Waals surface area contributed by atoms with Crippen LogP contribution in [-0.2, 0) is 31.9 Å². The quantitative estimate of drug-likeness (QED) is 0.819. The molecule has 2 fully saturated rings. The lowest BCUT2D eigenvalue weighted by atomic mass is 9.88. The minimum absolute atomic E-state index is 0.0392. The number of hydrogen-bond donors (Lipinski definition) is 1. The number of nitrogens with zero attached hydrogens (tertiary/aromatic N) is 1. The fourth-order valence-electron chi connectivity index (χ4n) is 3.67. The Bertz CT molecular complexity index is 708. The van der Waals surface area contributed by atoms with Crippen LogP contribution in [0.2, 0.25) is 0 Å². The molecule has 0 radical (unpaired) electrons. The van der Waals surface area contributed by atoms with E-state index >= 15 is 0 Å². The molecule has 1 amide bonds. The van der Waals surface area contributed by atoms with Crippen molar-refractivity contribution in [2.45, 2.75) is 44.4 Å². The summed E-state index contributed by atoms with van der Waals surface area (Å²) in [6.07, 6.45) is 5.36. The topological polar surface area (TPSA) is 75.7 Å². The van der Waals surface area contributed by atoms with Gasteiger partial charge in [-0.15, -0.1) is 0 Å². The summed E-state index contributed by atoms with van der Waals surface area (Å²) in [5, 5.41) is 3.01. The highest BCUT2D eigenvalue weighted by molar-refractivity contribution is 7.88. The zero-order chi connectivity index (χ0) is 18.4. The number of hydrogen-bond acceptors (Lipinski definition) is 4. The Kier molecular flexibility index (Phi) is 6.67. The average Bonchev–Trinajstić information content (AvgIpc) is 2.68. The number of amides is 1.